The van der Waals surface area contributed by atoms with Crippen LogP contribution in [0.4, 0.5) is 17.6 Å². The number of hydrogen-bond acceptors (Lipinski definition) is 0. The molecule has 0 aliphatic rings. The van der Waals surface area contributed by atoms with Crippen molar-refractivity contribution in [3.63, 3.8) is 0 Å². The number of hydrogen-bond donors (Lipinski definition) is 0. The van der Waals surface area contributed by atoms with Crippen molar-refractivity contribution in [1.82, 2.24) is 0 Å². The third-order valence-electron chi connectivity index (χ3n) is 3.39. The highest BCUT2D eigenvalue weighted by Gasteiger charge is 2.33. The van der Waals surface area contributed by atoms with Crippen LogP contribution in [-0.4, -0.2) is 0 Å². The van der Waals surface area contributed by atoms with Gasteiger partial charge in [0.1, 0.15) is 5.82 Å². The number of alkyl halides is 3. The van der Waals surface area contributed by atoms with Crippen molar-refractivity contribution in [3.8, 4) is 11.1 Å². The number of fused-ring (bicyclic) bond motifs is 1. The van der Waals surface area contributed by atoms with Crippen molar-refractivity contribution in [2.75, 3.05) is 0 Å². The highest BCUT2D eigenvalue weighted by Crippen LogP contribution is 2.39. The van der Waals surface area contributed by atoms with Gasteiger partial charge in [0, 0.05) is 5.39 Å². The van der Waals surface area contributed by atoms with E-state index in [0.29, 0.717) is 16.3 Å². The lowest BCUT2D eigenvalue weighted by atomic mass is 9.94. The Kier molecular flexibility index (Phi) is 3.16. The Morgan fingerprint density at radius 1 is 0.619 bits per heavy atom. The second-order valence-electron chi connectivity index (χ2n) is 4.68. The molecule has 0 nitrogen and oxygen atoms in total. The summed E-state index contributed by atoms with van der Waals surface area (Å²) in [7, 11) is 0. The largest absolute Gasteiger partial charge is 0.417 e. The van der Waals surface area contributed by atoms with Gasteiger partial charge in [-0.3, -0.25) is 0 Å². The molecule has 0 saturated carbocycles. The van der Waals surface area contributed by atoms with E-state index in [9.17, 15) is 17.6 Å². The molecule has 0 amide bonds. The fraction of sp³-hybridized carbons (Fsp3) is 0.0588. The first kappa shape index (κ1) is 13.6. The Morgan fingerprint density at radius 3 is 1.95 bits per heavy atom. The Hall–Kier alpha value is -2.36. The van der Waals surface area contributed by atoms with Crippen LogP contribution in [0.15, 0.2) is 60.7 Å². The summed E-state index contributed by atoms with van der Waals surface area (Å²) in [6.45, 7) is 0. The Labute approximate surface area is 118 Å². The molecular formula is C17H10F4. The van der Waals surface area contributed by atoms with E-state index in [1.165, 1.54) is 24.3 Å². The van der Waals surface area contributed by atoms with Crippen LogP contribution < -0.4 is 0 Å². The van der Waals surface area contributed by atoms with Crippen molar-refractivity contribution >= 4 is 10.8 Å². The molecule has 0 heterocycles. The van der Waals surface area contributed by atoms with Gasteiger partial charge in [0.25, 0.3) is 0 Å². The minimum atomic E-state index is -4.45. The van der Waals surface area contributed by atoms with Crippen molar-refractivity contribution in [2.24, 2.45) is 0 Å². The smallest absolute Gasteiger partial charge is 0.206 e. The predicted octanol–water partition coefficient (Wildman–Crippen LogP) is 5.66. The molecule has 4 heteroatoms. The normalized spacial score (nSPS) is 11.8. The van der Waals surface area contributed by atoms with Crippen LogP contribution in [0, 0.1) is 5.82 Å². The third-order valence-corrected chi connectivity index (χ3v) is 3.39. The predicted molar refractivity (Wildman–Crippen MR) is 74.3 cm³/mol. The lowest BCUT2D eigenvalue weighted by Crippen LogP contribution is -2.07. The van der Waals surface area contributed by atoms with Crippen LogP contribution in [-0.2, 0) is 6.18 Å². The zero-order valence-corrected chi connectivity index (χ0v) is 10.8. The zero-order chi connectivity index (χ0) is 15.0. The molecule has 0 unspecified atom stereocenters. The summed E-state index contributed by atoms with van der Waals surface area (Å²) in [4.78, 5) is 0. The van der Waals surface area contributed by atoms with E-state index >= 15 is 0 Å². The Morgan fingerprint density at radius 2 is 1.24 bits per heavy atom. The second kappa shape index (κ2) is 4.88. The van der Waals surface area contributed by atoms with Crippen LogP contribution in [0.3, 0.4) is 0 Å². The highest BCUT2D eigenvalue weighted by molar-refractivity contribution is 5.97. The maximum absolute atomic E-state index is 13.8. The van der Waals surface area contributed by atoms with Crippen LogP contribution in [0.1, 0.15) is 5.56 Å². The van der Waals surface area contributed by atoms with Gasteiger partial charge in [0.05, 0.1) is 5.56 Å². The maximum Gasteiger partial charge on any atom is 0.417 e. The number of rotatable bonds is 1. The zero-order valence-electron chi connectivity index (χ0n) is 10.8. The van der Waals surface area contributed by atoms with E-state index in [-0.39, 0.29) is 5.56 Å². The van der Waals surface area contributed by atoms with Crippen molar-refractivity contribution in [3.05, 3.63) is 72.0 Å². The van der Waals surface area contributed by atoms with Gasteiger partial charge < -0.3 is 0 Å². The first-order valence-corrected chi connectivity index (χ1v) is 6.32. The molecule has 106 valence electrons. The van der Waals surface area contributed by atoms with Gasteiger partial charge in [-0.15, -0.1) is 0 Å². The van der Waals surface area contributed by atoms with Gasteiger partial charge in [-0.2, -0.15) is 13.2 Å². The van der Waals surface area contributed by atoms with Gasteiger partial charge in [-0.05, 0) is 28.6 Å². The molecule has 3 rings (SSSR count). The SMILES string of the molecule is Fc1ccc(-c2ccccc2C(F)(F)F)c2ccccc12. The molecule has 0 aromatic heterocycles. The van der Waals surface area contributed by atoms with E-state index < -0.39 is 17.6 Å². The molecule has 0 saturated heterocycles. The molecule has 0 fully saturated rings. The van der Waals surface area contributed by atoms with Crippen LogP contribution >= 0.6 is 0 Å². The van der Waals surface area contributed by atoms with Crippen molar-refractivity contribution in [2.45, 2.75) is 6.18 Å². The minimum Gasteiger partial charge on any atom is -0.206 e. The van der Waals surface area contributed by atoms with Crippen LogP contribution in [0.2, 0.25) is 0 Å². The summed E-state index contributed by atoms with van der Waals surface area (Å²) in [6, 6.07) is 14.4. The molecule has 3 aromatic carbocycles. The van der Waals surface area contributed by atoms with Crippen molar-refractivity contribution in [1.29, 1.82) is 0 Å². The summed E-state index contributed by atoms with van der Waals surface area (Å²) in [5, 5.41) is 0.779. The van der Waals surface area contributed by atoms with Gasteiger partial charge in [0.2, 0.25) is 0 Å². The summed E-state index contributed by atoms with van der Waals surface area (Å²) < 4.78 is 53.2. The van der Waals surface area contributed by atoms with E-state index in [2.05, 4.69) is 0 Å². The average molecular weight is 290 g/mol. The molecule has 0 atom stereocenters. The first-order chi connectivity index (χ1) is 9.98. The van der Waals surface area contributed by atoms with Crippen molar-refractivity contribution < 1.29 is 17.6 Å². The molecular weight excluding hydrogens is 280 g/mol. The van der Waals surface area contributed by atoms with Gasteiger partial charge >= 0.3 is 6.18 Å². The highest BCUT2D eigenvalue weighted by atomic mass is 19.4. The molecule has 0 N–H and O–H groups in total. The number of halogens is 4. The molecule has 0 aliphatic carbocycles. The van der Waals surface area contributed by atoms with Gasteiger partial charge in [0.15, 0.2) is 0 Å². The maximum atomic E-state index is 13.8. The third kappa shape index (κ3) is 2.37. The molecule has 0 spiro atoms. The fourth-order valence-electron chi connectivity index (χ4n) is 2.46. The Bertz CT molecular complexity index is 803. The minimum absolute atomic E-state index is 0.0567. The topological polar surface area (TPSA) is 0 Å². The lowest BCUT2D eigenvalue weighted by molar-refractivity contribution is -0.137. The van der Waals surface area contributed by atoms with E-state index in [1.54, 1.807) is 30.3 Å². The Balaban J connectivity index is 2.35. The molecule has 0 aliphatic heterocycles. The molecule has 21 heavy (non-hydrogen) atoms. The molecule has 0 bridgehead atoms. The average Bonchev–Trinajstić information content (AvgIpc) is 2.47. The fourth-order valence-corrected chi connectivity index (χ4v) is 2.46. The summed E-state index contributed by atoms with van der Waals surface area (Å²) in [5.74, 6) is -0.446. The molecule has 3 aromatic rings. The van der Waals surface area contributed by atoms with Gasteiger partial charge in [-0.1, -0.05) is 48.5 Å². The van der Waals surface area contributed by atoms with E-state index in [4.69, 9.17) is 0 Å². The van der Waals surface area contributed by atoms with E-state index in [0.717, 1.165) is 6.07 Å². The summed E-state index contributed by atoms with van der Waals surface area (Å²) >= 11 is 0. The van der Waals surface area contributed by atoms with E-state index in [1.807, 2.05) is 0 Å². The lowest BCUT2D eigenvalue weighted by Gasteiger charge is -2.14. The van der Waals surface area contributed by atoms with Crippen LogP contribution in [0.5, 0.6) is 0 Å². The first-order valence-electron chi connectivity index (χ1n) is 6.32. The quantitative estimate of drug-likeness (QED) is 0.507. The van der Waals surface area contributed by atoms with Gasteiger partial charge in [-0.25, -0.2) is 4.39 Å². The standard InChI is InChI=1S/C17H10F4/c18-16-10-9-12(11-5-1-2-7-14(11)16)13-6-3-4-8-15(13)17(19,20)21/h1-10H. The summed E-state index contributed by atoms with van der Waals surface area (Å²) in [6.07, 6.45) is -4.45. The second-order valence-corrected chi connectivity index (χ2v) is 4.68. The monoisotopic (exact) mass is 290 g/mol. The molecule has 0 radical (unpaired) electrons. The summed E-state index contributed by atoms with van der Waals surface area (Å²) in [5.41, 5.74) is -0.289. The van der Waals surface area contributed by atoms with Crippen LogP contribution in [0.25, 0.3) is 21.9 Å². The number of benzene rings is 3.